The summed E-state index contributed by atoms with van der Waals surface area (Å²) in [7, 11) is -2.57. The second-order valence-electron chi connectivity index (χ2n) is 5.86. The molecule has 0 radical (unpaired) electrons. The van der Waals surface area contributed by atoms with Gasteiger partial charge in [-0.15, -0.1) is 0 Å². The first-order valence-electron chi connectivity index (χ1n) is 8.05. The van der Waals surface area contributed by atoms with Gasteiger partial charge in [-0.2, -0.15) is 4.31 Å². The maximum atomic E-state index is 13.9. The van der Waals surface area contributed by atoms with Crippen LogP contribution in [0.2, 0.25) is 0 Å². The normalized spacial score (nSPS) is 16.5. The average molecular weight is 382 g/mol. The third-order valence-corrected chi connectivity index (χ3v) is 6.24. The van der Waals surface area contributed by atoms with Crippen LogP contribution in [0.4, 0.5) is 4.39 Å². The number of benzene rings is 1. The number of rotatable bonds is 5. The number of carbonyl (C=O) groups excluding carboxylic acids is 1. The first kappa shape index (κ1) is 18.6. The fraction of sp³-hybridized carbons (Fsp3) is 0.353. The molecule has 1 aromatic carbocycles. The molecule has 0 atom stereocenters. The summed E-state index contributed by atoms with van der Waals surface area (Å²) in [5.41, 5.74) is 0.355. The Labute approximate surface area is 151 Å². The van der Waals surface area contributed by atoms with Gasteiger partial charge in [0.1, 0.15) is 22.0 Å². The van der Waals surface area contributed by atoms with Crippen molar-refractivity contribution in [3.05, 3.63) is 53.7 Å². The number of hydrogen-bond donors (Lipinski definition) is 0. The highest BCUT2D eigenvalue weighted by molar-refractivity contribution is 7.89. The molecule has 0 amide bonds. The van der Waals surface area contributed by atoms with Gasteiger partial charge in [-0.1, -0.05) is 12.1 Å². The predicted octanol–water partition coefficient (Wildman–Crippen LogP) is 1.71. The van der Waals surface area contributed by atoms with E-state index in [9.17, 15) is 17.6 Å². The lowest BCUT2D eigenvalue weighted by Crippen LogP contribution is -2.48. The van der Waals surface area contributed by atoms with Crippen LogP contribution in [0.3, 0.4) is 0 Å². The number of nitrogens with zero attached hydrogens (tertiary/aromatic N) is 2. The molecule has 0 saturated carbocycles. The maximum absolute atomic E-state index is 13.9. The third kappa shape index (κ3) is 3.64. The van der Waals surface area contributed by atoms with E-state index in [-0.39, 0.29) is 18.0 Å². The van der Waals surface area contributed by atoms with Gasteiger partial charge in [0.05, 0.1) is 19.9 Å². The molecule has 0 N–H and O–H groups in total. The lowest BCUT2D eigenvalue weighted by atomic mass is 10.2. The Bertz CT molecular complexity index is 888. The number of furan rings is 1. The van der Waals surface area contributed by atoms with Crippen LogP contribution in [0, 0.1) is 5.82 Å². The molecule has 26 heavy (non-hydrogen) atoms. The molecule has 1 aromatic heterocycles. The minimum Gasteiger partial charge on any atom is -0.467 e. The summed E-state index contributed by atoms with van der Waals surface area (Å²) >= 11 is 0. The highest BCUT2D eigenvalue weighted by atomic mass is 32.2. The summed E-state index contributed by atoms with van der Waals surface area (Å²) in [5.74, 6) is -0.759. The molecule has 1 fully saturated rings. The van der Waals surface area contributed by atoms with E-state index in [2.05, 4.69) is 0 Å². The quantitative estimate of drug-likeness (QED) is 0.733. The summed E-state index contributed by atoms with van der Waals surface area (Å²) in [6.07, 6.45) is 1.42. The Morgan fingerprint density at radius 2 is 1.88 bits per heavy atom. The van der Waals surface area contributed by atoms with E-state index in [1.807, 2.05) is 4.90 Å². The minimum absolute atomic E-state index is 0.227. The van der Waals surface area contributed by atoms with Crippen molar-refractivity contribution in [1.82, 2.24) is 9.21 Å². The van der Waals surface area contributed by atoms with E-state index in [1.54, 1.807) is 6.07 Å². The number of piperazine rings is 1. The molecule has 7 nitrogen and oxygen atoms in total. The van der Waals surface area contributed by atoms with Crippen LogP contribution >= 0.6 is 0 Å². The van der Waals surface area contributed by atoms with E-state index >= 15 is 0 Å². The van der Waals surface area contributed by atoms with Gasteiger partial charge < -0.3 is 9.15 Å². The SMILES string of the molecule is COC(=O)c1ccoc1CN1CCN(S(=O)(=O)c2ccccc2F)CC1. The van der Waals surface area contributed by atoms with Gasteiger partial charge in [0.2, 0.25) is 10.0 Å². The standard InChI is InChI=1S/C17H19FN2O5S/c1-24-17(21)13-6-11-25-15(13)12-19-7-9-20(10-8-19)26(22,23)16-5-3-2-4-14(16)18/h2-6,11H,7-10,12H2,1H3. The van der Waals surface area contributed by atoms with Crippen LogP contribution in [0.25, 0.3) is 0 Å². The molecule has 1 aliphatic heterocycles. The second kappa shape index (κ2) is 7.56. The summed E-state index contributed by atoms with van der Waals surface area (Å²) in [6.45, 7) is 1.70. The molecule has 9 heteroatoms. The highest BCUT2D eigenvalue weighted by Gasteiger charge is 2.31. The Kier molecular flexibility index (Phi) is 5.40. The van der Waals surface area contributed by atoms with Crippen molar-refractivity contribution in [3.8, 4) is 0 Å². The summed E-state index contributed by atoms with van der Waals surface area (Å²) in [5, 5.41) is 0. The van der Waals surface area contributed by atoms with Crippen LogP contribution in [-0.4, -0.2) is 56.9 Å². The fourth-order valence-electron chi connectivity index (χ4n) is 2.88. The van der Waals surface area contributed by atoms with Crippen molar-refractivity contribution in [2.24, 2.45) is 0 Å². The van der Waals surface area contributed by atoms with Crippen LogP contribution in [0.1, 0.15) is 16.1 Å². The van der Waals surface area contributed by atoms with E-state index in [4.69, 9.17) is 9.15 Å². The van der Waals surface area contributed by atoms with E-state index < -0.39 is 21.8 Å². The smallest absolute Gasteiger partial charge is 0.341 e. The van der Waals surface area contributed by atoms with Crippen molar-refractivity contribution in [2.75, 3.05) is 33.3 Å². The van der Waals surface area contributed by atoms with Gasteiger partial charge >= 0.3 is 5.97 Å². The maximum Gasteiger partial charge on any atom is 0.341 e. The third-order valence-electron chi connectivity index (χ3n) is 4.30. The summed E-state index contributed by atoms with van der Waals surface area (Å²) < 4.78 is 50.4. The van der Waals surface area contributed by atoms with Gasteiger partial charge in [-0.3, -0.25) is 4.90 Å². The number of halogens is 1. The fourth-order valence-corrected chi connectivity index (χ4v) is 4.37. The molecular weight excluding hydrogens is 363 g/mol. The van der Waals surface area contributed by atoms with Crippen LogP contribution < -0.4 is 0 Å². The van der Waals surface area contributed by atoms with Gasteiger partial charge in [0.15, 0.2) is 0 Å². The monoisotopic (exact) mass is 382 g/mol. The van der Waals surface area contributed by atoms with Gasteiger partial charge in [-0.25, -0.2) is 17.6 Å². The van der Waals surface area contributed by atoms with Crippen LogP contribution in [-0.2, 0) is 21.3 Å². The lowest BCUT2D eigenvalue weighted by Gasteiger charge is -2.33. The minimum atomic E-state index is -3.87. The molecule has 2 heterocycles. The Morgan fingerprint density at radius 3 is 2.54 bits per heavy atom. The number of esters is 1. The van der Waals surface area contributed by atoms with Crippen molar-refractivity contribution in [1.29, 1.82) is 0 Å². The first-order valence-corrected chi connectivity index (χ1v) is 9.49. The largest absolute Gasteiger partial charge is 0.467 e. The van der Waals surface area contributed by atoms with Crippen LogP contribution in [0.15, 0.2) is 45.9 Å². The van der Waals surface area contributed by atoms with Crippen molar-refractivity contribution in [2.45, 2.75) is 11.4 Å². The molecule has 1 saturated heterocycles. The first-order chi connectivity index (χ1) is 12.4. The molecule has 2 aromatic rings. The highest BCUT2D eigenvalue weighted by Crippen LogP contribution is 2.21. The lowest BCUT2D eigenvalue weighted by molar-refractivity contribution is 0.0595. The van der Waals surface area contributed by atoms with Crippen molar-refractivity contribution < 1.29 is 26.8 Å². The topological polar surface area (TPSA) is 80.1 Å². The molecule has 0 spiro atoms. The number of methoxy groups -OCH3 is 1. The molecule has 3 rings (SSSR count). The number of ether oxygens (including phenoxy) is 1. The van der Waals surface area contributed by atoms with E-state index in [1.165, 1.54) is 35.9 Å². The molecule has 0 unspecified atom stereocenters. The van der Waals surface area contributed by atoms with Crippen molar-refractivity contribution in [3.63, 3.8) is 0 Å². The number of hydrogen-bond acceptors (Lipinski definition) is 6. The molecular formula is C17H19FN2O5S. The Morgan fingerprint density at radius 1 is 1.19 bits per heavy atom. The zero-order valence-electron chi connectivity index (χ0n) is 14.2. The molecule has 0 bridgehead atoms. The number of sulfonamides is 1. The predicted molar refractivity (Wildman–Crippen MR) is 90.5 cm³/mol. The van der Waals surface area contributed by atoms with E-state index in [0.29, 0.717) is 31.0 Å². The van der Waals surface area contributed by atoms with Gasteiger partial charge in [-0.05, 0) is 18.2 Å². The van der Waals surface area contributed by atoms with Crippen molar-refractivity contribution >= 4 is 16.0 Å². The van der Waals surface area contributed by atoms with Crippen LogP contribution in [0.5, 0.6) is 0 Å². The molecule has 0 aliphatic carbocycles. The average Bonchev–Trinajstić information content (AvgIpc) is 3.10. The van der Waals surface area contributed by atoms with Gasteiger partial charge in [0, 0.05) is 26.2 Å². The number of carbonyl (C=O) groups is 1. The Balaban J connectivity index is 1.66. The second-order valence-corrected chi connectivity index (χ2v) is 7.77. The van der Waals surface area contributed by atoms with E-state index in [0.717, 1.165) is 6.07 Å². The van der Waals surface area contributed by atoms with Gasteiger partial charge in [0.25, 0.3) is 0 Å². The zero-order valence-corrected chi connectivity index (χ0v) is 15.0. The zero-order chi connectivity index (χ0) is 18.7. The summed E-state index contributed by atoms with van der Waals surface area (Å²) in [6, 6.07) is 6.89. The summed E-state index contributed by atoms with van der Waals surface area (Å²) in [4.78, 5) is 13.3. The molecule has 1 aliphatic rings. The molecule has 140 valence electrons. The Hall–Kier alpha value is -2.23.